The topological polar surface area (TPSA) is 47.6 Å². The molecule has 1 heterocycles. The molecule has 1 amide bonds. The Hall–Kier alpha value is -0.770. The summed E-state index contributed by atoms with van der Waals surface area (Å²) in [6, 6.07) is 0. The van der Waals surface area contributed by atoms with Crippen molar-refractivity contribution in [2.75, 3.05) is 19.8 Å². The predicted octanol–water partition coefficient (Wildman–Crippen LogP) is 1.94. The first-order valence-electron chi connectivity index (χ1n) is 5.52. The zero-order valence-corrected chi connectivity index (χ0v) is 9.84. The minimum atomic E-state index is -0.423. The zero-order valence-electron chi connectivity index (χ0n) is 9.84. The van der Waals surface area contributed by atoms with Crippen LogP contribution >= 0.6 is 0 Å². The monoisotopic (exact) mass is 215 g/mol. The van der Waals surface area contributed by atoms with E-state index in [-0.39, 0.29) is 6.09 Å². The lowest BCUT2D eigenvalue weighted by Crippen LogP contribution is -2.37. The fourth-order valence-corrected chi connectivity index (χ4v) is 1.51. The van der Waals surface area contributed by atoms with Gasteiger partial charge in [0.2, 0.25) is 0 Å². The fourth-order valence-electron chi connectivity index (χ4n) is 1.51. The molecule has 0 aromatic carbocycles. The molecule has 1 aliphatic heterocycles. The highest BCUT2D eigenvalue weighted by Gasteiger charge is 2.18. The summed E-state index contributed by atoms with van der Waals surface area (Å²) in [5.41, 5.74) is -0.423. The summed E-state index contributed by atoms with van der Waals surface area (Å²) in [5.74, 6) is 0.436. The summed E-state index contributed by atoms with van der Waals surface area (Å²) in [6.07, 6.45) is 1.87. The van der Waals surface area contributed by atoms with E-state index in [0.29, 0.717) is 12.5 Å². The van der Waals surface area contributed by atoms with Gasteiger partial charge < -0.3 is 14.8 Å². The molecule has 1 aliphatic rings. The first-order chi connectivity index (χ1) is 6.97. The smallest absolute Gasteiger partial charge is 0.407 e. The summed E-state index contributed by atoms with van der Waals surface area (Å²) in [5, 5.41) is 2.77. The molecule has 0 aromatic heterocycles. The molecule has 0 saturated carbocycles. The summed E-state index contributed by atoms with van der Waals surface area (Å²) in [7, 11) is 0. The Morgan fingerprint density at radius 2 is 2.27 bits per heavy atom. The van der Waals surface area contributed by atoms with E-state index < -0.39 is 5.60 Å². The van der Waals surface area contributed by atoms with E-state index in [2.05, 4.69) is 5.32 Å². The van der Waals surface area contributed by atoms with Gasteiger partial charge in [0.1, 0.15) is 5.60 Å². The van der Waals surface area contributed by atoms with Crippen molar-refractivity contribution in [3.05, 3.63) is 0 Å². The largest absolute Gasteiger partial charge is 0.444 e. The zero-order chi connectivity index (χ0) is 11.3. The van der Waals surface area contributed by atoms with Gasteiger partial charge in [-0.2, -0.15) is 0 Å². The van der Waals surface area contributed by atoms with Crippen LogP contribution in [0.4, 0.5) is 4.79 Å². The van der Waals surface area contributed by atoms with Crippen molar-refractivity contribution in [1.82, 2.24) is 5.32 Å². The number of hydrogen-bond donors (Lipinski definition) is 1. The van der Waals surface area contributed by atoms with Crippen LogP contribution in [0.15, 0.2) is 0 Å². The molecule has 0 aromatic rings. The van der Waals surface area contributed by atoms with Gasteiger partial charge in [0.25, 0.3) is 0 Å². The van der Waals surface area contributed by atoms with Crippen molar-refractivity contribution in [2.45, 2.75) is 39.2 Å². The molecule has 1 fully saturated rings. The first-order valence-corrected chi connectivity index (χ1v) is 5.52. The summed E-state index contributed by atoms with van der Waals surface area (Å²) in [6.45, 7) is 7.82. The summed E-state index contributed by atoms with van der Waals surface area (Å²) in [4.78, 5) is 11.3. The predicted molar refractivity (Wildman–Crippen MR) is 57.8 cm³/mol. The van der Waals surface area contributed by atoms with Gasteiger partial charge in [-0.3, -0.25) is 0 Å². The molecule has 88 valence electrons. The van der Waals surface area contributed by atoms with Gasteiger partial charge in [-0.05, 0) is 39.5 Å². The summed E-state index contributed by atoms with van der Waals surface area (Å²) < 4.78 is 10.5. The maximum absolute atomic E-state index is 11.3. The van der Waals surface area contributed by atoms with Crippen LogP contribution in [-0.4, -0.2) is 31.5 Å². The van der Waals surface area contributed by atoms with Gasteiger partial charge in [-0.25, -0.2) is 4.79 Å². The third-order valence-corrected chi connectivity index (χ3v) is 2.19. The van der Waals surface area contributed by atoms with E-state index >= 15 is 0 Å². The van der Waals surface area contributed by atoms with Crippen molar-refractivity contribution in [3.63, 3.8) is 0 Å². The molecule has 1 N–H and O–H groups in total. The van der Waals surface area contributed by atoms with E-state index in [4.69, 9.17) is 9.47 Å². The van der Waals surface area contributed by atoms with E-state index in [1.54, 1.807) is 0 Å². The lowest BCUT2D eigenvalue weighted by atomic mass is 10.0. The van der Waals surface area contributed by atoms with Gasteiger partial charge in [0, 0.05) is 13.2 Å². The Morgan fingerprint density at radius 1 is 1.53 bits per heavy atom. The van der Waals surface area contributed by atoms with Crippen LogP contribution in [0.25, 0.3) is 0 Å². The van der Waals surface area contributed by atoms with Gasteiger partial charge in [-0.15, -0.1) is 0 Å². The van der Waals surface area contributed by atoms with E-state index in [9.17, 15) is 4.79 Å². The van der Waals surface area contributed by atoms with E-state index in [0.717, 1.165) is 26.1 Å². The van der Waals surface area contributed by atoms with Gasteiger partial charge >= 0.3 is 6.09 Å². The highest BCUT2D eigenvalue weighted by atomic mass is 16.6. The van der Waals surface area contributed by atoms with Gasteiger partial charge in [-0.1, -0.05) is 0 Å². The highest BCUT2D eigenvalue weighted by molar-refractivity contribution is 5.67. The number of amides is 1. The third-order valence-electron chi connectivity index (χ3n) is 2.19. The minimum absolute atomic E-state index is 0.340. The molecule has 4 heteroatoms. The second-order valence-electron chi connectivity index (χ2n) is 4.97. The number of nitrogens with one attached hydrogen (secondary N) is 1. The average molecular weight is 215 g/mol. The maximum atomic E-state index is 11.3. The normalized spacial score (nSPS) is 22.2. The van der Waals surface area contributed by atoms with Crippen LogP contribution in [0.3, 0.4) is 0 Å². The number of carbonyl (C=O) groups excluding carboxylic acids is 1. The Labute approximate surface area is 91.3 Å². The molecule has 1 saturated heterocycles. The number of alkyl carbamates (subject to hydrolysis) is 1. The Morgan fingerprint density at radius 3 is 2.80 bits per heavy atom. The standard InChI is InChI=1S/C11H21NO3/c1-11(2,3)15-10(13)12-7-9-5-4-6-14-8-9/h9H,4-8H2,1-3H3,(H,12,13)/t9-/m0/s1. The quantitative estimate of drug-likeness (QED) is 0.765. The molecule has 0 unspecified atom stereocenters. The third kappa shape index (κ3) is 5.62. The SMILES string of the molecule is CC(C)(C)OC(=O)NC[C@@H]1CCCOC1. The lowest BCUT2D eigenvalue weighted by molar-refractivity contribution is 0.0403. The number of rotatable bonds is 2. The fraction of sp³-hybridized carbons (Fsp3) is 0.909. The van der Waals surface area contributed by atoms with Gasteiger partial charge in [0.15, 0.2) is 0 Å². The molecular weight excluding hydrogens is 194 g/mol. The molecule has 0 aliphatic carbocycles. The van der Waals surface area contributed by atoms with Crippen molar-refractivity contribution >= 4 is 6.09 Å². The van der Waals surface area contributed by atoms with Crippen LogP contribution in [0.2, 0.25) is 0 Å². The van der Waals surface area contributed by atoms with Crippen LogP contribution in [0.5, 0.6) is 0 Å². The minimum Gasteiger partial charge on any atom is -0.444 e. The first kappa shape index (κ1) is 12.3. The van der Waals surface area contributed by atoms with Crippen molar-refractivity contribution in [3.8, 4) is 0 Å². The molecular formula is C11H21NO3. The molecule has 4 nitrogen and oxygen atoms in total. The molecule has 0 bridgehead atoms. The Bertz CT molecular complexity index is 204. The average Bonchev–Trinajstić information content (AvgIpc) is 2.14. The second-order valence-corrected chi connectivity index (χ2v) is 4.97. The molecule has 0 spiro atoms. The molecule has 1 atom stereocenters. The number of ether oxygens (including phenoxy) is 2. The molecule has 0 radical (unpaired) electrons. The Kier molecular flexibility index (Phi) is 4.39. The molecule has 15 heavy (non-hydrogen) atoms. The van der Waals surface area contributed by atoms with Crippen molar-refractivity contribution < 1.29 is 14.3 Å². The highest BCUT2D eigenvalue weighted by Crippen LogP contribution is 2.12. The molecule has 1 rings (SSSR count). The van der Waals surface area contributed by atoms with Crippen LogP contribution < -0.4 is 5.32 Å². The van der Waals surface area contributed by atoms with Crippen molar-refractivity contribution in [1.29, 1.82) is 0 Å². The van der Waals surface area contributed by atoms with Crippen LogP contribution in [0.1, 0.15) is 33.6 Å². The maximum Gasteiger partial charge on any atom is 0.407 e. The van der Waals surface area contributed by atoms with Gasteiger partial charge in [0.05, 0.1) is 6.61 Å². The Balaban J connectivity index is 2.15. The number of hydrogen-bond acceptors (Lipinski definition) is 3. The number of carbonyl (C=O) groups is 1. The van der Waals surface area contributed by atoms with E-state index in [1.807, 2.05) is 20.8 Å². The van der Waals surface area contributed by atoms with E-state index in [1.165, 1.54) is 0 Å². The van der Waals surface area contributed by atoms with Crippen molar-refractivity contribution in [2.24, 2.45) is 5.92 Å². The van der Waals surface area contributed by atoms with Crippen LogP contribution in [0, 0.1) is 5.92 Å². The lowest BCUT2D eigenvalue weighted by Gasteiger charge is -2.24. The summed E-state index contributed by atoms with van der Waals surface area (Å²) >= 11 is 0. The second kappa shape index (κ2) is 5.35. The van der Waals surface area contributed by atoms with Crippen LogP contribution in [-0.2, 0) is 9.47 Å².